The Morgan fingerprint density at radius 2 is 1.96 bits per heavy atom. The highest BCUT2D eigenvalue weighted by atomic mass is 32.1. The van der Waals surface area contributed by atoms with Crippen molar-refractivity contribution in [3.63, 3.8) is 0 Å². The van der Waals surface area contributed by atoms with Gasteiger partial charge in [-0.15, -0.1) is 11.3 Å². The van der Waals surface area contributed by atoms with Crippen LogP contribution in [-0.4, -0.2) is 34.5 Å². The molecule has 1 aromatic heterocycles. The summed E-state index contributed by atoms with van der Waals surface area (Å²) in [7, 11) is 0. The molecule has 0 aliphatic rings. The molecule has 0 saturated carbocycles. The smallest absolute Gasteiger partial charge is 0.305 e. The van der Waals surface area contributed by atoms with Crippen molar-refractivity contribution in [1.82, 2.24) is 4.90 Å². The van der Waals surface area contributed by atoms with Crippen LogP contribution in [0, 0.1) is 0 Å². The minimum Gasteiger partial charge on any atom is -0.481 e. The molecule has 124 valence electrons. The molecule has 5 heteroatoms. The number of benzene rings is 1. The van der Waals surface area contributed by atoms with Crippen LogP contribution in [0.25, 0.3) is 10.1 Å². The number of carboxylic acid groups (broad SMARTS) is 1. The second kappa shape index (κ2) is 8.11. The molecule has 0 spiro atoms. The van der Waals surface area contributed by atoms with Gasteiger partial charge in [0.15, 0.2) is 0 Å². The van der Waals surface area contributed by atoms with Gasteiger partial charge in [0.2, 0.25) is 5.91 Å². The van der Waals surface area contributed by atoms with Gasteiger partial charge in [-0.3, -0.25) is 9.59 Å². The molecule has 0 fully saturated rings. The van der Waals surface area contributed by atoms with E-state index in [1.165, 1.54) is 15.6 Å². The second-order valence-electron chi connectivity index (χ2n) is 5.94. The van der Waals surface area contributed by atoms with Gasteiger partial charge in [-0.05, 0) is 49.1 Å². The molecule has 4 nitrogen and oxygen atoms in total. The van der Waals surface area contributed by atoms with Gasteiger partial charge in [0, 0.05) is 23.7 Å². The summed E-state index contributed by atoms with van der Waals surface area (Å²) < 4.78 is 1.28. The van der Waals surface area contributed by atoms with Crippen molar-refractivity contribution >= 4 is 33.3 Å². The number of nitrogens with zero attached hydrogens (tertiary/aromatic N) is 1. The summed E-state index contributed by atoms with van der Waals surface area (Å²) in [5.41, 5.74) is 1.29. The van der Waals surface area contributed by atoms with Crippen molar-refractivity contribution in [3.8, 4) is 0 Å². The summed E-state index contributed by atoms with van der Waals surface area (Å²) in [6.07, 6.45) is 2.12. The van der Waals surface area contributed by atoms with Crippen molar-refractivity contribution in [2.45, 2.75) is 45.6 Å². The van der Waals surface area contributed by atoms with Gasteiger partial charge < -0.3 is 10.0 Å². The number of aliphatic carboxylic acids is 1. The zero-order chi connectivity index (χ0) is 16.8. The molecule has 0 saturated heterocycles. The Morgan fingerprint density at radius 3 is 2.65 bits per heavy atom. The Bertz CT molecular complexity index is 678. The Morgan fingerprint density at radius 1 is 1.22 bits per heavy atom. The molecule has 1 aromatic carbocycles. The lowest BCUT2D eigenvalue weighted by molar-refractivity contribution is -0.139. The molecule has 1 N–H and O–H groups in total. The third-order valence-corrected chi connectivity index (χ3v) is 4.92. The average molecular weight is 333 g/mol. The van der Waals surface area contributed by atoms with Crippen molar-refractivity contribution in [1.29, 1.82) is 0 Å². The van der Waals surface area contributed by atoms with Crippen LogP contribution in [-0.2, 0) is 16.0 Å². The fourth-order valence-electron chi connectivity index (χ4n) is 2.69. The number of carbonyl (C=O) groups excluding carboxylic acids is 1. The Balaban J connectivity index is 1.88. The topological polar surface area (TPSA) is 57.6 Å². The summed E-state index contributed by atoms with van der Waals surface area (Å²) in [4.78, 5) is 24.7. The van der Waals surface area contributed by atoms with E-state index in [0.717, 1.165) is 12.8 Å². The van der Waals surface area contributed by atoms with Gasteiger partial charge in [-0.1, -0.05) is 18.2 Å². The Labute approximate surface area is 140 Å². The summed E-state index contributed by atoms with van der Waals surface area (Å²) in [5.74, 6) is -0.825. The molecule has 0 bridgehead atoms. The minimum absolute atomic E-state index is 0.000905. The van der Waals surface area contributed by atoms with Crippen molar-refractivity contribution in [2.75, 3.05) is 6.54 Å². The highest BCUT2D eigenvalue weighted by molar-refractivity contribution is 7.17. The summed E-state index contributed by atoms with van der Waals surface area (Å²) in [5, 5.41) is 12.2. The maximum absolute atomic E-state index is 12.3. The number of amides is 1. The van der Waals surface area contributed by atoms with E-state index in [1.54, 1.807) is 16.2 Å². The molecule has 2 rings (SSSR count). The SMILES string of the molecule is CC(C)N(CCC(=O)O)C(=O)CCCc1csc2ccccc12. The third-order valence-electron chi connectivity index (χ3n) is 3.91. The number of aryl methyl sites for hydroxylation is 1. The monoisotopic (exact) mass is 333 g/mol. The highest BCUT2D eigenvalue weighted by Gasteiger charge is 2.17. The molecule has 0 aliphatic heterocycles. The largest absolute Gasteiger partial charge is 0.481 e. The fraction of sp³-hybridized carbons (Fsp3) is 0.444. The number of fused-ring (bicyclic) bond motifs is 1. The molecular formula is C18H23NO3S. The normalized spacial score (nSPS) is 11.1. The fourth-order valence-corrected chi connectivity index (χ4v) is 3.68. The first kappa shape index (κ1) is 17.5. The Hall–Kier alpha value is -1.88. The van der Waals surface area contributed by atoms with E-state index in [0.29, 0.717) is 6.42 Å². The lowest BCUT2D eigenvalue weighted by Gasteiger charge is -2.26. The van der Waals surface area contributed by atoms with Crippen LogP contribution < -0.4 is 0 Å². The minimum atomic E-state index is -0.867. The molecule has 0 aliphatic carbocycles. The number of carboxylic acids is 1. The van der Waals surface area contributed by atoms with Gasteiger partial charge in [0.1, 0.15) is 0 Å². The highest BCUT2D eigenvalue weighted by Crippen LogP contribution is 2.26. The Kier molecular flexibility index (Phi) is 6.16. The standard InChI is InChI=1S/C18H23NO3S/c1-13(2)19(11-10-18(21)22)17(20)9-5-6-14-12-23-16-8-4-3-7-15(14)16/h3-4,7-8,12-13H,5-6,9-11H2,1-2H3,(H,21,22). The summed E-state index contributed by atoms with van der Waals surface area (Å²) in [6, 6.07) is 8.34. The molecule has 0 atom stereocenters. The van der Waals surface area contributed by atoms with Gasteiger partial charge in [-0.25, -0.2) is 0 Å². The molecule has 1 heterocycles. The van der Waals surface area contributed by atoms with Gasteiger partial charge >= 0.3 is 5.97 Å². The summed E-state index contributed by atoms with van der Waals surface area (Å²) in [6.45, 7) is 4.13. The van der Waals surface area contributed by atoms with Crippen LogP contribution in [0.4, 0.5) is 0 Å². The first-order chi connectivity index (χ1) is 11.0. The van der Waals surface area contributed by atoms with Crippen LogP contribution in [0.1, 0.15) is 38.7 Å². The zero-order valence-electron chi connectivity index (χ0n) is 13.6. The molecule has 2 aromatic rings. The average Bonchev–Trinajstić information content (AvgIpc) is 2.90. The number of hydrogen-bond acceptors (Lipinski definition) is 3. The van der Waals surface area contributed by atoms with Gasteiger partial charge in [0.25, 0.3) is 0 Å². The predicted octanol–water partition coefficient (Wildman–Crippen LogP) is 3.94. The van der Waals surface area contributed by atoms with E-state index >= 15 is 0 Å². The lowest BCUT2D eigenvalue weighted by atomic mass is 10.1. The van der Waals surface area contributed by atoms with Crippen molar-refractivity contribution in [2.24, 2.45) is 0 Å². The van der Waals surface area contributed by atoms with Crippen LogP contribution >= 0.6 is 11.3 Å². The van der Waals surface area contributed by atoms with Gasteiger partial charge in [0.05, 0.1) is 6.42 Å². The van der Waals surface area contributed by atoms with Crippen LogP contribution in [0.5, 0.6) is 0 Å². The van der Waals surface area contributed by atoms with E-state index in [9.17, 15) is 9.59 Å². The van der Waals surface area contributed by atoms with E-state index in [4.69, 9.17) is 5.11 Å². The third kappa shape index (κ3) is 4.79. The van der Waals surface area contributed by atoms with Crippen LogP contribution in [0.2, 0.25) is 0 Å². The van der Waals surface area contributed by atoms with Gasteiger partial charge in [-0.2, -0.15) is 0 Å². The van der Waals surface area contributed by atoms with E-state index in [2.05, 4.69) is 17.5 Å². The second-order valence-corrected chi connectivity index (χ2v) is 6.85. The van der Waals surface area contributed by atoms with Crippen LogP contribution in [0.15, 0.2) is 29.6 Å². The summed E-state index contributed by atoms with van der Waals surface area (Å²) >= 11 is 1.73. The van der Waals surface area contributed by atoms with E-state index in [1.807, 2.05) is 26.0 Å². The number of carbonyl (C=O) groups is 2. The van der Waals surface area contributed by atoms with E-state index in [-0.39, 0.29) is 24.9 Å². The van der Waals surface area contributed by atoms with Crippen molar-refractivity contribution < 1.29 is 14.7 Å². The van der Waals surface area contributed by atoms with Crippen LogP contribution in [0.3, 0.4) is 0 Å². The quantitative estimate of drug-likeness (QED) is 0.796. The lowest BCUT2D eigenvalue weighted by Crippen LogP contribution is -2.38. The maximum Gasteiger partial charge on any atom is 0.305 e. The number of thiophene rings is 1. The molecule has 1 amide bonds. The zero-order valence-corrected chi connectivity index (χ0v) is 14.4. The number of hydrogen-bond donors (Lipinski definition) is 1. The first-order valence-electron chi connectivity index (χ1n) is 7.95. The molecule has 0 radical (unpaired) electrons. The molecular weight excluding hydrogens is 310 g/mol. The van der Waals surface area contributed by atoms with E-state index < -0.39 is 5.97 Å². The maximum atomic E-state index is 12.3. The van der Waals surface area contributed by atoms with Crippen molar-refractivity contribution in [3.05, 3.63) is 35.2 Å². The number of rotatable bonds is 8. The first-order valence-corrected chi connectivity index (χ1v) is 8.83. The molecule has 23 heavy (non-hydrogen) atoms. The predicted molar refractivity (Wildman–Crippen MR) is 93.9 cm³/mol. The molecule has 0 unspecified atom stereocenters.